The second kappa shape index (κ2) is 16.1. The van der Waals surface area contributed by atoms with Gasteiger partial charge in [0.05, 0.1) is 12.1 Å². The molecular formula is C20H43IN4O3. The molecule has 0 heterocycles. The summed E-state index contributed by atoms with van der Waals surface area (Å²) in [6.45, 7) is 17.4. The molecule has 0 aromatic carbocycles. The first-order valence-corrected chi connectivity index (χ1v) is 10.3. The smallest absolute Gasteiger partial charge is 0.408 e. The number of nitrogens with zero attached hydrogens (tertiary/aromatic N) is 1. The van der Waals surface area contributed by atoms with Gasteiger partial charge in [-0.3, -0.25) is 4.99 Å². The summed E-state index contributed by atoms with van der Waals surface area (Å²) < 4.78 is 10.8. The lowest BCUT2D eigenvalue weighted by Crippen LogP contribution is -2.52. The Morgan fingerprint density at radius 1 is 1.00 bits per heavy atom. The van der Waals surface area contributed by atoms with Crippen molar-refractivity contribution in [3.63, 3.8) is 0 Å². The van der Waals surface area contributed by atoms with Crippen LogP contribution in [0, 0.1) is 0 Å². The minimum Gasteiger partial charge on any atom is -0.444 e. The first kappa shape index (κ1) is 29.4. The fourth-order valence-electron chi connectivity index (χ4n) is 2.46. The van der Waals surface area contributed by atoms with Crippen molar-refractivity contribution in [1.82, 2.24) is 16.0 Å². The van der Waals surface area contributed by atoms with E-state index in [4.69, 9.17) is 14.5 Å². The Morgan fingerprint density at radius 2 is 1.64 bits per heavy atom. The number of hydrogen-bond donors (Lipinski definition) is 3. The maximum atomic E-state index is 12.2. The average Bonchev–Trinajstić information content (AvgIpc) is 2.59. The fraction of sp³-hybridized carbons (Fsp3) is 0.900. The van der Waals surface area contributed by atoms with Gasteiger partial charge < -0.3 is 25.4 Å². The van der Waals surface area contributed by atoms with Gasteiger partial charge in [-0.05, 0) is 60.3 Å². The SMILES string of the molecule is CCNC(=NCC(CC)(CC)NC(=O)OC(C)(C)C)NCCCCOCC.I. The molecule has 0 bridgehead atoms. The number of unbranched alkanes of at least 4 members (excludes halogenated alkanes) is 1. The van der Waals surface area contributed by atoms with Gasteiger partial charge in [0.15, 0.2) is 5.96 Å². The molecule has 28 heavy (non-hydrogen) atoms. The standard InChI is InChI=1S/C20H42N4O3.HI/c1-8-20(9-2,24-18(25)27-19(5,6)7)16-23-17(21-10-3)22-14-12-13-15-26-11-4;/h8-16H2,1-7H3,(H,24,25)(H2,21,22,23);1H. The highest BCUT2D eigenvalue weighted by atomic mass is 127. The molecule has 1 amide bonds. The number of halogens is 1. The Bertz CT molecular complexity index is 436. The molecule has 7 nitrogen and oxygen atoms in total. The number of amides is 1. The van der Waals surface area contributed by atoms with Crippen LogP contribution >= 0.6 is 24.0 Å². The lowest BCUT2D eigenvalue weighted by Gasteiger charge is -2.32. The van der Waals surface area contributed by atoms with Crippen LogP contribution in [-0.2, 0) is 9.47 Å². The van der Waals surface area contributed by atoms with Crippen LogP contribution in [0.1, 0.15) is 74.1 Å². The van der Waals surface area contributed by atoms with Crippen molar-refractivity contribution in [3.8, 4) is 0 Å². The Kier molecular flexibility index (Phi) is 16.9. The lowest BCUT2D eigenvalue weighted by atomic mass is 9.93. The van der Waals surface area contributed by atoms with Crippen molar-refractivity contribution in [1.29, 1.82) is 0 Å². The predicted molar refractivity (Wildman–Crippen MR) is 128 cm³/mol. The summed E-state index contributed by atoms with van der Waals surface area (Å²) in [5, 5.41) is 9.64. The molecule has 168 valence electrons. The van der Waals surface area contributed by atoms with E-state index in [9.17, 15) is 4.79 Å². The molecule has 8 heteroatoms. The zero-order valence-electron chi connectivity index (χ0n) is 18.9. The number of nitrogens with one attached hydrogen (secondary N) is 3. The molecule has 0 aromatic rings. The van der Waals surface area contributed by atoms with Crippen molar-refractivity contribution in [2.75, 3.05) is 32.8 Å². The number of carbonyl (C=O) groups is 1. The number of hydrogen-bond acceptors (Lipinski definition) is 4. The molecule has 0 atom stereocenters. The van der Waals surface area contributed by atoms with E-state index in [1.807, 2.05) is 34.6 Å². The van der Waals surface area contributed by atoms with Crippen molar-refractivity contribution < 1.29 is 14.3 Å². The second-order valence-corrected chi connectivity index (χ2v) is 7.64. The van der Waals surface area contributed by atoms with E-state index in [0.717, 1.165) is 57.9 Å². The van der Waals surface area contributed by atoms with Crippen LogP contribution in [0.25, 0.3) is 0 Å². The van der Waals surface area contributed by atoms with Gasteiger partial charge >= 0.3 is 6.09 Å². The van der Waals surface area contributed by atoms with Gasteiger partial charge in [0.1, 0.15) is 5.60 Å². The third kappa shape index (κ3) is 14.3. The van der Waals surface area contributed by atoms with E-state index >= 15 is 0 Å². The number of carbonyl (C=O) groups excluding carboxylic acids is 1. The summed E-state index contributed by atoms with van der Waals surface area (Å²) in [7, 11) is 0. The Labute approximate surface area is 189 Å². The molecule has 0 aliphatic carbocycles. The van der Waals surface area contributed by atoms with Crippen LogP contribution < -0.4 is 16.0 Å². The Morgan fingerprint density at radius 3 is 2.14 bits per heavy atom. The molecule has 0 fully saturated rings. The van der Waals surface area contributed by atoms with Crippen LogP contribution in [0.5, 0.6) is 0 Å². The molecule has 0 rings (SSSR count). The maximum Gasteiger partial charge on any atom is 0.408 e. The Hall–Kier alpha value is -0.770. The molecule has 3 N–H and O–H groups in total. The molecule has 0 aliphatic rings. The van der Waals surface area contributed by atoms with Gasteiger partial charge in [-0.1, -0.05) is 13.8 Å². The van der Waals surface area contributed by atoms with Gasteiger partial charge in [-0.25, -0.2) is 4.79 Å². The highest BCUT2D eigenvalue weighted by Crippen LogP contribution is 2.17. The van der Waals surface area contributed by atoms with Crippen LogP contribution in [0.15, 0.2) is 4.99 Å². The van der Waals surface area contributed by atoms with Crippen molar-refractivity contribution in [3.05, 3.63) is 0 Å². The van der Waals surface area contributed by atoms with E-state index in [1.165, 1.54) is 0 Å². The molecule has 0 unspecified atom stereocenters. The van der Waals surface area contributed by atoms with Crippen LogP contribution in [0.3, 0.4) is 0 Å². The molecule has 0 aromatic heterocycles. The summed E-state index contributed by atoms with van der Waals surface area (Å²) in [6.07, 6.45) is 3.21. The van der Waals surface area contributed by atoms with E-state index in [0.29, 0.717) is 6.54 Å². The quantitative estimate of drug-likeness (QED) is 0.158. The minimum atomic E-state index is -0.515. The second-order valence-electron chi connectivity index (χ2n) is 7.64. The number of alkyl carbamates (subject to hydrolysis) is 1. The summed E-state index contributed by atoms with van der Waals surface area (Å²) in [5.74, 6) is 0.770. The Balaban J connectivity index is 0. The fourth-order valence-corrected chi connectivity index (χ4v) is 2.46. The number of ether oxygens (including phenoxy) is 2. The maximum absolute atomic E-state index is 12.2. The third-order valence-electron chi connectivity index (χ3n) is 4.22. The van der Waals surface area contributed by atoms with Crippen molar-refractivity contribution >= 4 is 36.0 Å². The summed E-state index contributed by atoms with van der Waals surface area (Å²) in [5.41, 5.74) is -0.932. The minimum absolute atomic E-state index is 0. The summed E-state index contributed by atoms with van der Waals surface area (Å²) in [4.78, 5) is 16.9. The van der Waals surface area contributed by atoms with E-state index in [2.05, 4.69) is 29.8 Å². The largest absolute Gasteiger partial charge is 0.444 e. The van der Waals surface area contributed by atoms with Crippen LogP contribution in [0.4, 0.5) is 4.79 Å². The number of aliphatic imine (C=N–C) groups is 1. The lowest BCUT2D eigenvalue weighted by molar-refractivity contribution is 0.0452. The molecule has 0 saturated heterocycles. The van der Waals surface area contributed by atoms with Gasteiger partial charge in [-0.2, -0.15) is 0 Å². The topological polar surface area (TPSA) is 84.0 Å². The predicted octanol–water partition coefficient (Wildman–Crippen LogP) is 4.06. The molecular weight excluding hydrogens is 471 g/mol. The first-order chi connectivity index (χ1) is 12.7. The molecule has 0 aliphatic heterocycles. The van der Waals surface area contributed by atoms with Crippen LogP contribution in [-0.4, -0.2) is 56.0 Å². The van der Waals surface area contributed by atoms with E-state index in [1.54, 1.807) is 0 Å². The van der Waals surface area contributed by atoms with Crippen molar-refractivity contribution in [2.45, 2.75) is 85.3 Å². The molecule has 0 spiro atoms. The van der Waals surface area contributed by atoms with Gasteiger partial charge in [0.2, 0.25) is 0 Å². The van der Waals surface area contributed by atoms with Crippen molar-refractivity contribution in [2.24, 2.45) is 4.99 Å². The molecule has 0 radical (unpaired) electrons. The molecule has 0 saturated carbocycles. The van der Waals surface area contributed by atoms with Gasteiger partial charge in [0.25, 0.3) is 0 Å². The average molecular weight is 514 g/mol. The monoisotopic (exact) mass is 514 g/mol. The zero-order valence-corrected chi connectivity index (χ0v) is 21.3. The van der Waals surface area contributed by atoms with E-state index in [-0.39, 0.29) is 24.0 Å². The highest BCUT2D eigenvalue weighted by Gasteiger charge is 2.30. The summed E-state index contributed by atoms with van der Waals surface area (Å²) >= 11 is 0. The van der Waals surface area contributed by atoms with Crippen LogP contribution in [0.2, 0.25) is 0 Å². The van der Waals surface area contributed by atoms with Gasteiger partial charge in [0, 0.05) is 26.3 Å². The van der Waals surface area contributed by atoms with E-state index < -0.39 is 17.2 Å². The summed E-state index contributed by atoms with van der Waals surface area (Å²) in [6, 6.07) is 0. The number of guanidine groups is 1. The van der Waals surface area contributed by atoms with Gasteiger partial charge in [-0.15, -0.1) is 24.0 Å². The third-order valence-corrected chi connectivity index (χ3v) is 4.22. The number of rotatable bonds is 12. The zero-order chi connectivity index (χ0) is 20.8. The highest BCUT2D eigenvalue weighted by molar-refractivity contribution is 14.0. The normalized spacial score (nSPS) is 12.2. The first-order valence-electron chi connectivity index (χ1n) is 10.3.